The number of nitrogens with one attached hydrogen (secondary N) is 1. The summed E-state index contributed by atoms with van der Waals surface area (Å²) in [6.45, 7) is 5.94. The molecule has 2 aliphatic heterocycles. The van der Waals surface area contributed by atoms with Crippen LogP contribution in [0.3, 0.4) is 0 Å². The molecule has 0 aromatic carbocycles. The van der Waals surface area contributed by atoms with Crippen LogP contribution in [0, 0.1) is 5.92 Å². The van der Waals surface area contributed by atoms with Gasteiger partial charge in [0.15, 0.2) is 0 Å². The van der Waals surface area contributed by atoms with Gasteiger partial charge in [-0.2, -0.15) is 0 Å². The number of thiazole rings is 1. The Balaban J connectivity index is 1.68. The van der Waals surface area contributed by atoms with Gasteiger partial charge in [0.05, 0.1) is 17.2 Å². The van der Waals surface area contributed by atoms with Crippen LogP contribution in [0.25, 0.3) is 0 Å². The van der Waals surface area contributed by atoms with Crippen LogP contribution in [-0.4, -0.2) is 35.6 Å². The first kappa shape index (κ1) is 10.7. The Morgan fingerprint density at radius 2 is 2.50 bits per heavy atom. The van der Waals surface area contributed by atoms with Crippen molar-refractivity contribution in [2.45, 2.75) is 31.8 Å². The summed E-state index contributed by atoms with van der Waals surface area (Å²) in [6.07, 6.45) is 2.75. The third-order valence-electron chi connectivity index (χ3n) is 4.05. The minimum atomic E-state index is 0.485. The van der Waals surface area contributed by atoms with E-state index in [0.29, 0.717) is 6.04 Å². The SMILES string of the molecule is CC(c1cscn1)N1C[C@@H]2CCCN[C@@H]2C1. The highest BCUT2D eigenvalue weighted by Crippen LogP contribution is 2.31. The van der Waals surface area contributed by atoms with E-state index in [0.717, 1.165) is 12.0 Å². The fourth-order valence-corrected chi connectivity index (χ4v) is 3.65. The zero-order valence-electron chi connectivity index (χ0n) is 9.72. The number of likely N-dealkylation sites (tertiary alicyclic amines) is 1. The molecular formula is C12H19N3S. The van der Waals surface area contributed by atoms with Gasteiger partial charge in [-0.3, -0.25) is 4.90 Å². The highest BCUT2D eigenvalue weighted by Gasteiger charge is 2.36. The Morgan fingerprint density at radius 1 is 1.56 bits per heavy atom. The molecule has 88 valence electrons. The maximum atomic E-state index is 4.43. The van der Waals surface area contributed by atoms with Gasteiger partial charge < -0.3 is 5.32 Å². The zero-order chi connectivity index (χ0) is 11.0. The minimum absolute atomic E-state index is 0.485. The number of piperidine rings is 1. The van der Waals surface area contributed by atoms with Crippen molar-refractivity contribution in [1.29, 1.82) is 0 Å². The molecule has 3 heterocycles. The van der Waals surface area contributed by atoms with E-state index in [1.54, 1.807) is 11.3 Å². The van der Waals surface area contributed by atoms with Crippen molar-refractivity contribution < 1.29 is 0 Å². The summed E-state index contributed by atoms with van der Waals surface area (Å²) < 4.78 is 0. The second kappa shape index (κ2) is 4.43. The van der Waals surface area contributed by atoms with Crippen LogP contribution in [0.2, 0.25) is 0 Å². The smallest absolute Gasteiger partial charge is 0.0795 e. The lowest BCUT2D eigenvalue weighted by Gasteiger charge is -2.24. The van der Waals surface area contributed by atoms with Crippen molar-refractivity contribution in [2.24, 2.45) is 5.92 Å². The van der Waals surface area contributed by atoms with Crippen molar-refractivity contribution in [3.05, 3.63) is 16.6 Å². The van der Waals surface area contributed by atoms with Crippen molar-refractivity contribution in [3.8, 4) is 0 Å². The predicted molar refractivity (Wildman–Crippen MR) is 66.6 cm³/mol. The highest BCUT2D eigenvalue weighted by atomic mass is 32.1. The first-order valence-corrected chi connectivity index (χ1v) is 7.14. The molecule has 0 bridgehead atoms. The fraction of sp³-hybridized carbons (Fsp3) is 0.750. The predicted octanol–water partition coefficient (Wildman–Crippen LogP) is 1.89. The number of hydrogen-bond donors (Lipinski definition) is 1. The summed E-state index contributed by atoms with van der Waals surface area (Å²) in [6, 6.07) is 1.22. The van der Waals surface area contributed by atoms with Gasteiger partial charge in [-0.25, -0.2) is 4.98 Å². The molecule has 0 radical (unpaired) electrons. The highest BCUT2D eigenvalue weighted by molar-refractivity contribution is 7.07. The summed E-state index contributed by atoms with van der Waals surface area (Å²) in [4.78, 5) is 7.02. The van der Waals surface area contributed by atoms with E-state index in [-0.39, 0.29) is 0 Å². The molecule has 3 nitrogen and oxygen atoms in total. The Hall–Kier alpha value is -0.450. The lowest BCUT2D eigenvalue weighted by Crippen LogP contribution is -2.40. The molecule has 1 unspecified atom stereocenters. The Kier molecular flexibility index (Phi) is 2.96. The standard InChI is InChI=1S/C12H19N3S/c1-9(12-7-16-8-14-12)15-5-10-3-2-4-13-11(10)6-15/h7-11,13H,2-6H2,1H3/t9?,10-,11+/m0/s1. The lowest BCUT2D eigenvalue weighted by molar-refractivity contribution is 0.247. The maximum absolute atomic E-state index is 4.43. The normalized spacial score (nSPS) is 32.6. The molecule has 0 amide bonds. The van der Waals surface area contributed by atoms with Gasteiger partial charge in [0, 0.05) is 24.5 Å². The molecule has 0 saturated carbocycles. The first-order chi connectivity index (χ1) is 7.84. The van der Waals surface area contributed by atoms with E-state index >= 15 is 0 Å². The van der Waals surface area contributed by atoms with Gasteiger partial charge in [0.1, 0.15) is 0 Å². The van der Waals surface area contributed by atoms with Crippen LogP contribution in [-0.2, 0) is 0 Å². The number of hydrogen-bond acceptors (Lipinski definition) is 4. The van der Waals surface area contributed by atoms with Crippen molar-refractivity contribution in [3.63, 3.8) is 0 Å². The molecule has 0 aliphatic carbocycles. The van der Waals surface area contributed by atoms with Gasteiger partial charge in [0.2, 0.25) is 0 Å². The number of fused-ring (bicyclic) bond motifs is 1. The Morgan fingerprint density at radius 3 is 3.25 bits per heavy atom. The molecule has 3 atom stereocenters. The average molecular weight is 237 g/mol. The third-order valence-corrected chi connectivity index (χ3v) is 4.66. The van der Waals surface area contributed by atoms with Gasteiger partial charge in [-0.1, -0.05) is 0 Å². The van der Waals surface area contributed by atoms with E-state index in [1.165, 1.54) is 38.2 Å². The van der Waals surface area contributed by atoms with Crippen LogP contribution in [0.15, 0.2) is 10.9 Å². The molecule has 1 N–H and O–H groups in total. The molecule has 0 spiro atoms. The van der Waals surface area contributed by atoms with E-state index in [9.17, 15) is 0 Å². The van der Waals surface area contributed by atoms with Crippen LogP contribution >= 0.6 is 11.3 Å². The van der Waals surface area contributed by atoms with Crippen LogP contribution in [0.4, 0.5) is 0 Å². The number of aromatic nitrogens is 1. The largest absolute Gasteiger partial charge is 0.312 e. The first-order valence-electron chi connectivity index (χ1n) is 6.20. The third kappa shape index (κ3) is 1.90. The van der Waals surface area contributed by atoms with Crippen LogP contribution in [0.5, 0.6) is 0 Å². The second-order valence-electron chi connectivity index (χ2n) is 5.01. The molecule has 16 heavy (non-hydrogen) atoms. The van der Waals surface area contributed by atoms with E-state index < -0.39 is 0 Å². The van der Waals surface area contributed by atoms with Gasteiger partial charge in [0.25, 0.3) is 0 Å². The Labute approximate surface area is 101 Å². The van der Waals surface area contributed by atoms with E-state index in [4.69, 9.17) is 0 Å². The molecule has 2 aliphatic rings. The quantitative estimate of drug-likeness (QED) is 0.851. The minimum Gasteiger partial charge on any atom is -0.312 e. The van der Waals surface area contributed by atoms with Crippen molar-refractivity contribution in [1.82, 2.24) is 15.2 Å². The van der Waals surface area contributed by atoms with E-state index in [2.05, 4.69) is 27.5 Å². The molecule has 3 rings (SSSR count). The van der Waals surface area contributed by atoms with Crippen LogP contribution < -0.4 is 5.32 Å². The number of rotatable bonds is 2. The molecule has 1 aromatic rings. The van der Waals surface area contributed by atoms with Crippen molar-refractivity contribution in [2.75, 3.05) is 19.6 Å². The summed E-state index contributed by atoms with van der Waals surface area (Å²) in [5, 5.41) is 5.83. The number of nitrogens with zero attached hydrogens (tertiary/aromatic N) is 2. The average Bonchev–Trinajstić information content (AvgIpc) is 2.97. The van der Waals surface area contributed by atoms with Crippen molar-refractivity contribution >= 4 is 11.3 Å². The van der Waals surface area contributed by atoms with E-state index in [1.807, 2.05) is 5.51 Å². The zero-order valence-corrected chi connectivity index (χ0v) is 10.5. The van der Waals surface area contributed by atoms with Gasteiger partial charge in [-0.15, -0.1) is 11.3 Å². The molecule has 2 fully saturated rings. The summed E-state index contributed by atoms with van der Waals surface area (Å²) in [7, 11) is 0. The summed E-state index contributed by atoms with van der Waals surface area (Å²) >= 11 is 1.70. The molecule has 1 aromatic heterocycles. The fourth-order valence-electron chi connectivity index (χ4n) is 3.01. The topological polar surface area (TPSA) is 28.2 Å². The second-order valence-corrected chi connectivity index (χ2v) is 5.72. The Bertz CT molecular complexity index is 324. The molecule has 2 saturated heterocycles. The maximum Gasteiger partial charge on any atom is 0.0795 e. The van der Waals surface area contributed by atoms with Crippen LogP contribution in [0.1, 0.15) is 31.5 Å². The molecule has 4 heteroatoms. The monoisotopic (exact) mass is 237 g/mol. The lowest BCUT2D eigenvalue weighted by atomic mass is 9.94. The molecular weight excluding hydrogens is 218 g/mol. The van der Waals surface area contributed by atoms with Gasteiger partial charge in [-0.05, 0) is 32.2 Å². The van der Waals surface area contributed by atoms with Gasteiger partial charge >= 0.3 is 0 Å². The summed E-state index contributed by atoms with van der Waals surface area (Å²) in [5.74, 6) is 0.870. The summed E-state index contributed by atoms with van der Waals surface area (Å²) in [5.41, 5.74) is 3.18.